The lowest BCUT2D eigenvalue weighted by atomic mass is 9.83. The number of hydrogen-bond acceptors (Lipinski definition) is 3. The Morgan fingerprint density at radius 1 is 1.50 bits per heavy atom. The summed E-state index contributed by atoms with van der Waals surface area (Å²) in [7, 11) is 0. The van der Waals surface area contributed by atoms with Gasteiger partial charge in [0.05, 0.1) is 17.4 Å². The van der Waals surface area contributed by atoms with Gasteiger partial charge in [-0.15, -0.1) is 0 Å². The summed E-state index contributed by atoms with van der Waals surface area (Å²) in [6.07, 6.45) is 5.28. The van der Waals surface area contributed by atoms with Crippen LogP contribution >= 0.6 is 0 Å². The number of aromatic nitrogens is 2. The van der Waals surface area contributed by atoms with Crippen LogP contribution in [-0.2, 0) is 11.2 Å². The summed E-state index contributed by atoms with van der Waals surface area (Å²) >= 11 is 0. The van der Waals surface area contributed by atoms with Crippen molar-refractivity contribution in [2.75, 3.05) is 6.61 Å². The molecule has 1 N–H and O–H groups in total. The van der Waals surface area contributed by atoms with Crippen LogP contribution in [0.25, 0.3) is 0 Å². The topological polar surface area (TPSA) is 47.3 Å². The largest absolute Gasteiger partial charge is 0.389 e. The van der Waals surface area contributed by atoms with Crippen molar-refractivity contribution in [2.45, 2.75) is 71.1 Å². The summed E-state index contributed by atoms with van der Waals surface area (Å²) < 4.78 is 7.75. The van der Waals surface area contributed by atoms with Crippen LogP contribution < -0.4 is 0 Å². The molecule has 1 saturated heterocycles. The van der Waals surface area contributed by atoms with Gasteiger partial charge in [0.15, 0.2) is 0 Å². The van der Waals surface area contributed by atoms with Crippen molar-refractivity contribution in [1.82, 2.24) is 9.78 Å². The van der Waals surface area contributed by atoms with Gasteiger partial charge in [0.25, 0.3) is 0 Å². The highest BCUT2D eigenvalue weighted by atomic mass is 16.5. The van der Waals surface area contributed by atoms with Gasteiger partial charge in [0.1, 0.15) is 0 Å². The fourth-order valence-electron chi connectivity index (χ4n) is 2.77. The number of rotatable bonds is 5. The molecule has 114 valence electrons. The fourth-order valence-corrected chi connectivity index (χ4v) is 2.77. The lowest BCUT2D eigenvalue weighted by molar-refractivity contribution is -0.116. The van der Waals surface area contributed by atoms with Crippen LogP contribution in [0.3, 0.4) is 0 Å². The summed E-state index contributed by atoms with van der Waals surface area (Å²) in [4.78, 5) is 0. The SMILES string of the molecule is CCC(C)n1ccc(CC2(O)CCOC(C(C)C)C2)n1. The average molecular weight is 280 g/mol. The molecule has 4 heteroatoms. The van der Waals surface area contributed by atoms with Crippen LogP contribution in [0.1, 0.15) is 58.7 Å². The summed E-state index contributed by atoms with van der Waals surface area (Å²) in [6.45, 7) is 9.26. The fraction of sp³-hybridized carbons (Fsp3) is 0.812. The third kappa shape index (κ3) is 3.61. The van der Waals surface area contributed by atoms with Gasteiger partial charge in [0.2, 0.25) is 0 Å². The highest BCUT2D eigenvalue weighted by molar-refractivity contribution is 5.06. The maximum atomic E-state index is 10.8. The van der Waals surface area contributed by atoms with E-state index in [-0.39, 0.29) is 6.10 Å². The van der Waals surface area contributed by atoms with Crippen LogP contribution in [0.15, 0.2) is 12.3 Å². The molecule has 1 fully saturated rings. The minimum absolute atomic E-state index is 0.158. The third-order valence-electron chi connectivity index (χ3n) is 4.44. The lowest BCUT2D eigenvalue weighted by Gasteiger charge is -2.38. The number of nitrogens with zero attached hydrogens (tertiary/aromatic N) is 2. The van der Waals surface area contributed by atoms with Gasteiger partial charge in [-0.3, -0.25) is 4.68 Å². The maximum Gasteiger partial charge on any atom is 0.0750 e. The quantitative estimate of drug-likeness (QED) is 0.902. The molecule has 1 aliphatic heterocycles. The van der Waals surface area contributed by atoms with E-state index in [9.17, 15) is 5.11 Å². The summed E-state index contributed by atoms with van der Waals surface area (Å²) in [5.74, 6) is 0.444. The van der Waals surface area contributed by atoms with Gasteiger partial charge in [-0.1, -0.05) is 20.8 Å². The second kappa shape index (κ2) is 6.27. The van der Waals surface area contributed by atoms with Crippen LogP contribution in [0.2, 0.25) is 0 Å². The Kier molecular flexibility index (Phi) is 4.86. The van der Waals surface area contributed by atoms with Crippen molar-refractivity contribution in [1.29, 1.82) is 0 Å². The molecule has 2 heterocycles. The van der Waals surface area contributed by atoms with Gasteiger partial charge in [-0.2, -0.15) is 5.10 Å². The van der Waals surface area contributed by atoms with Crippen molar-refractivity contribution < 1.29 is 9.84 Å². The van der Waals surface area contributed by atoms with E-state index < -0.39 is 5.60 Å². The molecular weight excluding hydrogens is 252 g/mol. The van der Waals surface area contributed by atoms with Crippen molar-refractivity contribution in [2.24, 2.45) is 5.92 Å². The Hall–Kier alpha value is -0.870. The van der Waals surface area contributed by atoms with Crippen molar-refractivity contribution in [3.05, 3.63) is 18.0 Å². The molecule has 0 spiro atoms. The smallest absolute Gasteiger partial charge is 0.0750 e. The Labute approximate surface area is 122 Å². The molecule has 1 aromatic rings. The van der Waals surface area contributed by atoms with Gasteiger partial charge in [-0.05, 0) is 31.7 Å². The van der Waals surface area contributed by atoms with Crippen molar-refractivity contribution in [3.8, 4) is 0 Å². The molecule has 2 rings (SSSR count). The van der Waals surface area contributed by atoms with Gasteiger partial charge in [0, 0.05) is 31.7 Å². The number of hydrogen-bond donors (Lipinski definition) is 1. The van der Waals surface area contributed by atoms with E-state index in [1.54, 1.807) is 0 Å². The van der Waals surface area contributed by atoms with Crippen LogP contribution in [-0.4, -0.2) is 33.2 Å². The molecule has 0 amide bonds. The Balaban J connectivity index is 2.02. The monoisotopic (exact) mass is 280 g/mol. The predicted molar refractivity (Wildman–Crippen MR) is 79.7 cm³/mol. The molecule has 0 aromatic carbocycles. The highest BCUT2D eigenvalue weighted by Crippen LogP contribution is 2.31. The number of ether oxygens (including phenoxy) is 1. The molecule has 20 heavy (non-hydrogen) atoms. The molecule has 4 nitrogen and oxygen atoms in total. The zero-order chi connectivity index (χ0) is 14.8. The van der Waals surface area contributed by atoms with Gasteiger partial charge < -0.3 is 9.84 Å². The first-order valence-electron chi connectivity index (χ1n) is 7.81. The normalized spacial score (nSPS) is 28.8. The Morgan fingerprint density at radius 3 is 2.90 bits per heavy atom. The summed E-state index contributed by atoms with van der Waals surface area (Å²) in [5.41, 5.74) is 0.319. The van der Waals surface area contributed by atoms with E-state index >= 15 is 0 Å². The highest BCUT2D eigenvalue weighted by Gasteiger charge is 2.36. The van der Waals surface area contributed by atoms with E-state index in [0.717, 1.165) is 12.1 Å². The minimum atomic E-state index is -0.665. The zero-order valence-corrected chi connectivity index (χ0v) is 13.2. The zero-order valence-electron chi connectivity index (χ0n) is 13.2. The molecule has 0 saturated carbocycles. The van der Waals surface area contributed by atoms with E-state index in [0.29, 0.717) is 37.8 Å². The Morgan fingerprint density at radius 2 is 2.25 bits per heavy atom. The molecule has 1 aromatic heterocycles. The van der Waals surface area contributed by atoms with Crippen molar-refractivity contribution >= 4 is 0 Å². The summed E-state index contributed by atoms with van der Waals surface area (Å²) in [6, 6.07) is 2.45. The molecule has 0 aliphatic carbocycles. The van der Waals surface area contributed by atoms with Crippen LogP contribution in [0.5, 0.6) is 0 Å². The molecule has 3 unspecified atom stereocenters. The van der Waals surface area contributed by atoms with Crippen LogP contribution in [0.4, 0.5) is 0 Å². The second-order valence-corrected chi connectivity index (χ2v) is 6.55. The molecule has 0 radical (unpaired) electrons. The first kappa shape index (κ1) is 15.5. The molecule has 1 aliphatic rings. The second-order valence-electron chi connectivity index (χ2n) is 6.55. The number of aliphatic hydroxyl groups is 1. The van der Waals surface area contributed by atoms with E-state index in [1.165, 1.54) is 0 Å². The third-order valence-corrected chi connectivity index (χ3v) is 4.44. The predicted octanol–water partition coefficient (Wildman–Crippen LogP) is 2.96. The lowest BCUT2D eigenvalue weighted by Crippen LogP contribution is -2.44. The van der Waals surface area contributed by atoms with E-state index in [2.05, 4.69) is 32.8 Å². The summed E-state index contributed by atoms with van der Waals surface area (Å²) in [5, 5.41) is 15.4. The van der Waals surface area contributed by atoms with E-state index in [4.69, 9.17) is 4.74 Å². The molecule has 0 bridgehead atoms. The standard InChI is InChI=1S/C16H28N2O2/c1-5-13(4)18-8-6-14(17-18)10-16(19)7-9-20-15(11-16)12(2)3/h6,8,12-13,15,19H,5,7,9-11H2,1-4H3. The van der Waals surface area contributed by atoms with Gasteiger partial charge in [-0.25, -0.2) is 0 Å². The minimum Gasteiger partial charge on any atom is -0.389 e. The van der Waals surface area contributed by atoms with Crippen molar-refractivity contribution in [3.63, 3.8) is 0 Å². The first-order chi connectivity index (χ1) is 9.43. The van der Waals surface area contributed by atoms with Crippen LogP contribution in [0, 0.1) is 5.92 Å². The molecular formula is C16H28N2O2. The average Bonchev–Trinajstić information content (AvgIpc) is 2.85. The first-order valence-corrected chi connectivity index (χ1v) is 7.81. The maximum absolute atomic E-state index is 10.8. The molecule has 3 atom stereocenters. The van der Waals surface area contributed by atoms with Gasteiger partial charge >= 0.3 is 0 Å². The van der Waals surface area contributed by atoms with E-state index in [1.807, 2.05) is 16.9 Å². The Bertz CT molecular complexity index is 430.